The Morgan fingerprint density at radius 3 is 3.10 bits per heavy atom. The van der Waals surface area contributed by atoms with Crippen LogP contribution >= 0.6 is 15.9 Å². The minimum Gasteiger partial charge on any atom is -0.394 e. The fraction of sp³-hybridized carbons (Fsp3) is 0.429. The van der Waals surface area contributed by atoms with Crippen LogP contribution in [0.25, 0.3) is 10.9 Å². The molecule has 1 saturated heterocycles. The average Bonchev–Trinajstić information content (AvgIpc) is 2.47. The molecule has 1 fully saturated rings. The van der Waals surface area contributed by atoms with E-state index in [9.17, 15) is 5.11 Å². The molecule has 0 radical (unpaired) electrons. The van der Waals surface area contributed by atoms with Crippen LogP contribution in [-0.4, -0.2) is 47.0 Å². The first-order valence-electron chi connectivity index (χ1n) is 6.58. The molecule has 0 bridgehead atoms. The quantitative estimate of drug-likeness (QED) is 0.907. The number of ether oxygens (including phenoxy) is 1. The van der Waals surface area contributed by atoms with Crippen LogP contribution in [0, 0.1) is 0 Å². The van der Waals surface area contributed by atoms with Gasteiger partial charge in [-0.2, -0.15) is 0 Å². The fourth-order valence-corrected chi connectivity index (χ4v) is 2.83. The van der Waals surface area contributed by atoms with E-state index in [1.54, 1.807) is 6.33 Å². The zero-order chi connectivity index (χ0) is 14.1. The van der Waals surface area contributed by atoms with Crippen molar-refractivity contribution in [3.05, 3.63) is 29.0 Å². The van der Waals surface area contributed by atoms with Gasteiger partial charge in [0.2, 0.25) is 0 Å². The summed E-state index contributed by atoms with van der Waals surface area (Å²) in [6.45, 7) is 3.34. The Morgan fingerprint density at radius 2 is 2.30 bits per heavy atom. The van der Waals surface area contributed by atoms with Crippen LogP contribution in [0.3, 0.4) is 0 Å². The van der Waals surface area contributed by atoms with Gasteiger partial charge in [-0.15, -0.1) is 0 Å². The van der Waals surface area contributed by atoms with Gasteiger partial charge >= 0.3 is 0 Å². The van der Waals surface area contributed by atoms with E-state index in [2.05, 4.69) is 37.7 Å². The summed E-state index contributed by atoms with van der Waals surface area (Å²) in [5.74, 6) is 0.894. The Hall–Kier alpha value is -1.24. The van der Waals surface area contributed by atoms with Crippen LogP contribution in [0.5, 0.6) is 0 Å². The second-order valence-corrected chi connectivity index (χ2v) is 5.91. The predicted octanol–water partition coefficient (Wildman–Crippen LogP) is 1.98. The van der Waals surface area contributed by atoms with Gasteiger partial charge in [-0.25, -0.2) is 9.97 Å². The third kappa shape index (κ3) is 2.51. The predicted molar refractivity (Wildman–Crippen MR) is 80.9 cm³/mol. The number of nitrogens with zero attached hydrogens (tertiary/aromatic N) is 3. The van der Waals surface area contributed by atoms with E-state index >= 15 is 0 Å². The minimum atomic E-state index is -0.164. The summed E-state index contributed by atoms with van der Waals surface area (Å²) >= 11 is 3.49. The highest BCUT2D eigenvalue weighted by Gasteiger charge is 2.27. The Balaban J connectivity index is 2.06. The molecule has 2 heterocycles. The van der Waals surface area contributed by atoms with E-state index in [1.807, 2.05) is 18.2 Å². The van der Waals surface area contributed by atoms with E-state index in [0.717, 1.165) is 21.2 Å². The number of aliphatic hydroxyl groups excluding tert-OH is 1. The van der Waals surface area contributed by atoms with Crippen LogP contribution in [0.15, 0.2) is 29.0 Å². The number of halogens is 1. The van der Waals surface area contributed by atoms with Gasteiger partial charge in [-0.05, 0) is 25.1 Å². The Morgan fingerprint density at radius 1 is 1.45 bits per heavy atom. The van der Waals surface area contributed by atoms with E-state index in [-0.39, 0.29) is 18.8 Å². The molecule has 106 valence electrons. The van der Waals surface area contributed by atoms with E-state index in [1.165, 1.54) is 0 Å². The zero-order valence-electron chi connectivity index (χ0n) is 11.2. The lowest BCUT2D eigenvalue weighted by Gasteiger charge is -2.38. The van der Waals surface area contributed by atoms with Gasteiger partial charge in [-0.1, -0.05) is 15.9 Å². The molecule has 1 aliphatic heterocycles. The lowest BCUT2D eigenvalue weighted by atomic mass is 10.1. The maximum atomic E-state index is 9.31. The van der Waals surface area contributed by atoms with Gasteiger partial charge in [0.05, 0.1) is 30.9 Å². The molecule has 5 nitrogen and oxygen atoms in total. The number of hydrogen-bond donors (Lipinski definition) is 1. The minimum absolute atomic E-state index is 0.0237. The number of fused-ring (bicyclic) bond motifs is 1. The van der Waals surface area contributed by atoms with Crippen molar-refractivity contribution in [2.75, 3.05) is 24.7 Å². The second-order valence-electron chi connectivity index (χ2n) is 5.00. The second kappa shape index (κ2) is 5.63. The van der Waals surface area contributed by atoms with Crippen molar-refractivity contribution >= 4 is 32.7 Å². The molecule has 2 atom stereocenters. The van der Waals surface area contributed by atoms with Gasteiger partial charge in [0.15, 0.2) is 0 Å². The SMILES string of the molecule is C[C@H]1CO[C@H](CO)CN1c1ncnc2ccc(Br)cc12. The molecule has 0 spiro atoms. The van der Waals surface area contributed by atoms with Crippen molar-refractivity contribution in [2.24, 2.45) is 0 Å². The van der Waals surface area contributed by atoms with Crippen molar-refractivity contribution in [2.45, 2.75) is 19.1 Å². The molecule has 1 aliphatic rings. The Labute approximate surface area is 125 Å². The molecule has 1 N–H and O–H groups in total. The third-order valence-electron chi connectivity index (χ3n) is 3.56. The normalized spacial score (nSPS) is 23.2. The Kier molecular flexibility index (Phi) is 3.87. The number of rotatable bonds is 2. The molecule has 2 aromatic rings. The summed E-state index contributed by atoms with van der Waals surface area (Å²) in [6, 6.07) is 6.19. The van der Waals surface area contributed by atoms with Gasteiger partial charge in [0.25, 0.3) is 0 Å². The summed E-state index contributed by atoms with van der Waals surface area (Å²) in [7, 11) is 0. The number of hydrogen-bond acceptors (Lipinski definition) is 5. The van der Waals surface area contributed by atoms with Gasteiger partial charge in [0.1, 0.15) is 12.1 Å². The lowest BCUT2D eigenvalue weighted by Crippen LogP contribution is -2.50. The van der Waals surface area contributed by atoms with Crippen LogP contribution < -0.4 is 4.90 Å². The van der Waals surface area contributed by atoms with Crippen molar-refractivity contribution in [1.82, 2.24) is 9.97 Å². The van der Waals surface area contributed by atoms with Crippen LogP contribution in [0.2, 0.25) is 0 Å². The molecular formula is C14H16BrN3O2. The van der Waals surface area contributed by atoms with Crippen molar-refractivity contribution in [3.63, 3.8) is 0 Å². The van der Waals surface area contributed by atoms with Crippen LogP contribution in [0.4, 0.5) is 5.82 Å². The monoisotopic (exact) mass is 337 g/mol. The largest absolute Gasteiger partial charge is 0.394 e. The maximum absolute atomic E-state index is 9.31. The highest BCUT2D eigenvalue weighted by atomic mass is 79.9. The summed E-state index contributed by atoms with van der Waals surface area (Å²) in [5.41, 5.74) is 0.914. The molecule has 6 heteroatoms. The molecule has 3 rings (SSSR count). The van der Waals surface area contributed by atoms with Crippen molar-refractivity contribution in [3.8, 4) is 0 Å². The van der Waals surface area contributed by atoms with Gasteiger partial charge < -0.3 is 14.7 Å². The van der Waals surface area contributed by atoms with Crippen molar-refractivity contribution in [1.29, 1.82) is 0 Å². The number of anilines is 1. The van der Waals surface area contributed by atoms with E-state index < -0.39 is 0 Å². The van der Waals surface area contributed by atoms with Gasteiger partial charge in [0, 0.05) is 16.4 Å². The summed E-state index contributed by atoms with van der Waals surface area (Å²) in [6.07, 6.45) is 1.42. The third-order valence-corrected chi connectivity index (χ3v) is 4.05. The molecule has 0 amide bonds. The lowest BCUT2D eigenvalue weighted by molar-refractivity contribution is -0.0104. The molecular weight excluding hydrogens is 322 g/mol. The van der Waals surface area contributed by atoms with Gasteiger partial charge in [-0.3, -0.25) is 0 Å². The number of aliphatic hydroxyl groups is 1. The fourth-order valence-electron chi connectivity index (χ4n) is 2.47. The Bertz CT molecular complexity index is 622. The summed E-state index contributed by atoms with van der Waals surface area (Å²) < 4.78 is 6.58. The van der Waals surface area contributed by atoms with Crippen molar-refractivity contribution < 1.29 is 9.84 Å². The topological polar surface area (TPSA) is 58.5 Å². The first-order chi connectivity index (χ1) is 9.69. The van der Waals surface area contributed by atoms with E-state index in [0.29, 0.717) is 13.2 Å². The van der Waals surface area contributed by atoms with E-state index in [4.69, 9.17) is 4.74 Å². The number of benzene rings is 1. The molecule has 20 heavy (non-hydrogen) atoms. The van der Waals surface area contributed by atoms with Crippen LogP contribution in [0.1, 0.15) is 6.92 Å². The first-order valence-corrected chi connectivity index (χ1v) is 7.37. The maximum Gasteiger partial charge on any atom is 0.140 e. The summed E-state index contributed by atoms with van der Waals surface area (Å²) in [4.78, 5) is 10.9. The van der Waals surface area contributed by atoms with Crippen LogP contribution in [-0.2, 0) is 4.74 Å². The summed E-state index contributed by atoms with van der Waals surface area (Å²) in [5, 5.41) is 10.3. The highest BCUT2D eigenvalue weighted by molar-refractivity contribution is 9.10. The molecule has 0 saturated carbocycles. The zero-order valence-corrected chi connectivity index (χ0v) is 12.7. The number of morpholine rings is 1. The highest BCUT2D eigenvalue weighted by Crippen LogP contribution is 2.29. The first kappa shape index (κ1) is 13.7. The molecule has 0 aliphatic carbocycles. The molecule has 1 aromatic carbocycles. The number of aromatic nitrogens is 2. The average molecular weight is 338 g/mol. The molecule has 0 unspecified atom stereocenters. The molecule has 1 aromatic heterocycles. The smallest absolute Gasteiger partial charge is 0.140 e. The standard InChI is InChI=1S/C14H16BrN3O2/c1-9-7-20-11(6-19)5-18(9)14-12-4-10(15)2-3-13(12)16-8-17-14/h2-4,8-9,11,19H,5-7H2,1H3/t9-,11-/m0/s1.